The highest BCUT2D eigenvalue weighted by molar-refractivity contribution is 6.02. The number of piperidine rings is 1. The van der Waals surface area contributed by atoms with Crippen LogP contribution in [0.5, 0.6) is 11.5 Å². The van der Waals surface area contributed by atoms with Crippen molar-refractivity contribution in [1.82, 2.24) is 25.6 Å². The zero-order valence-corrected chi connectivity index (χ0v) is 24.4. The zero-order valence-electron chi connectivity index (χ0n) is 24.4. The lowest BCUT2D eigenvalue weighted by molar-refractivity contribution is 0.0947. The zero-order chi connectivity index (χ0) is 28.9. The van der Waals surface area contributed by atoms with Crippen molar-refractivity contribution in [2.75, 3.05) is 52.4 Å². The van der Waals surface area contributed by atoms with Crippen LogP contribution in [0.4, 0.5) is 0 Å². The molecule has 41 heavy (non-hydrogen) atoms. The van der Waals surface area contributed by atoms with E-state index in [1.807, 2.05) is 32.9 Å². The van der Waals surface area contributed by atoms with Gasteiger partial charge in [0.2, 0.25) is 0 Å². The lowest BCUT2D eigenvalue weighted by atomic mass is 9.94. The van der Waals surface area contributed by atoms with Crippen LogP contribution in [0.3, 0.4) is 0 Å². The summed E-state index contributed by atoms with van der Waals surface area (Å²) in [6.07, 6.45) is 2.57. The second-order valence-corrected chi connectivity index (χ2v) is 11.6. The van der Waals surface area contributed by atoms with Crippen molar-refractivity contribution in [2.24, 2.45) is 5.92 Å². The highest BCUT2D eigenvalue weighted by Crippen LogP contribution is 2.43. The molecule has 4 N–H and O–H groups in total. The van der Waals surface area contributed by atoms with Gasteiger partial charge >= 0.3 is 0 Å². The number of nitrogens with zero attached hydrogens (tertiary/aromatic N) is 3. The molecule has 0 aliphatic carbocycles. The van der Waals surface area contributed by atoms with Crippen molar-refractivity contribution >= 4 is 5.91 Å². The molecule has 0 saturated carbocycles. The summed E-state index contributed by atoms with van der Waals surface area (Å²) in [6.45, 7) is 14.9. The van der Waals surface area contributed by atoms with E-state index >= 15 is 0 Å². The Hall–Kier alpha value is -3.40. The molecule has 2 aromatic carbocycles. The van der Waals surface area contributed by atoms with E-state index in [0.29, 0.717) is 29.0 Å². The fourth-order valence-electron chi connectivity index (χ4n) is 5.97. The van der Waals surface area contributed by atoms with Gasteiger partial charge in [-0.1, -0.05) is 43.3 Å². The third-order valence-corrected chi connectivity index (χ3v) is 8.34. The number of amides is 1. The Morgan fingerprint density at radius 3 is 2.39 bits per heavy atom. The average Bonchev–Trinajstić information content (AvgIpc) is 3.40. The lowest BCUT2D eigenvalue weighted by Crippen LogP contribution is -2.48. The number of benzene rings is 2. The molecule has 9 heteroatoms. The molecular formula is C32H43N5O4. The first-order chi connectivity index (χ1) is 19.8. The molecule has 1 aromatic heterocycles. The minimum Gasteiger partial charge on any atom is -0.508 e. The van der Waals surface area contributed by atoms with Crippen LogP contribution >= 0.6 is 0 Å². The van der Waals surface area contributed by atoms with Gasteiger partial charge < -0.3 is 30.3 Å². The van der Waals surface area contributed by atoms with Crippen molar-refractivity contribution in [3.8, 4) is 33.9 Å². The number of phenols is 2. The number of piperazine rings is 1. The van der Waals surface area contributed by atoms with Gasteiger partial charge in [0.15, 0.2) is 11.5 Å². The molecule has 2 aliphatic rings. The number of hydrogen-bond donors (Lipinski definition) is 4. The van der Waals surface area contributed by atoms with Crippen molar-refractivity contribution in [3.05, 3.63) is 53.2 Å². The first kappa shape index (κ1) is 29.1. The predicted molar refractivity (Wildman–Crippen MR) is 160 cm³/mol. The van der Waals surface area contributed by atoms with Crippen LogP contribution in [0.1, 0.15) is 61.1 Å². The molecule has 5 rings (SSSR count). The minimum atomic E-state index is -0.341. The summed E-state index contributed by atoms with van der Waals surface area (Å²) in [6, 6.07) is 11.2. The summed E-state index contributed by atoms with van der Waals surface area (Å²) in [5, 5.41) is 31.5. The van der Waals surface area contributed by atoms with E-state index in [9.17, 15) is 15.0 Å². The molecule has 1 amide bonds. The molecule has 0 radical (unpaired) electrons. The number of carbonyl (C=O) groups excluding carboxylic acids is 1. The van der Waals surface area contributed by atoms with Crippen molar-refractivity contribution in [1.29, 1.82) is 0 Å². The van der Waals surface area contributed by atoms with Crippen LogP contribution in [-0.4, -0.2) is 83.4 Å². The lowest BCUT2D eigenvalue weighted by Gasteiger charge is -2.37. The van der Waals surface area contributed by atoms with E-state index in [4.69, 9.17) is 4.52 Å². The fraction of sp³-hybridized carbons (Fsp3) is 0.500. The molecule has 0 spiro atoms. The molecular weight excluding hydrogens is 518 g/mol. The van der Waals surface area contributed by atoms with E-state index in [0.717, 1.165) is 57.3 Å². The Bertz CT molecular complexity index is 1320. The maximum Gasteiger partial charge on any atom is 0.274 e. The molecule has 3 heterocycles. The van der Waals surface area contributed by atoms with Crippen LogP contribution in [0.2, 0.25) is 0 Å². The van der Waals surface area contributed by atoms with E-state index in [1.165, 1.54) is 31.0 Å². The molecule has 0 unspecified atom stereocenters. The summed E-state index contributed by atoms with van der Waals surface area (Å²) >= 11 is 0. The van der Waals surface area contributed by atoms with Gasteiger partial charge in [0, 0.05) is 51.9 Å². The number of hydrogen-bond acceptors (Lipinski definition) is 8. The maximum absolute atomic E-state index is 12.9. The second kappa shape index (κ2) is 13.1. The van der Waals surface area contributed by atoms with Crippen LogP contribution in [-0.2, 0) is 6.54 Å². The van der Waals surface area contributed by atoms with Gasteiger partial charge in [0.25, 0.3) is 5.91 Å². The Labute approximate surface area is 242 Å². The molecule has 2 fully saturated rings. The SMILES string of the molecule is CCNC(=O)c1noc(-c2cc(C(C)C)c(O)cc2O)c1-c1ccc(CN2CCN(CC3CCNCC3)CC2)cc1. The summed E-state index contributed by atoms with van der Waals surface area (Å²) < 4.78 is 5.71. The van der Waals surface area contributed by atoms with E-state index in [2.05, 4.69) is 37.7 Å². The second-order valence-electron chi connectivity index (χ2n) is 11.6. The third-order valence-electron chi connectivity index (χ3n) is 8.34. The Morgan fingerprint density at radius 1 is 1.05 bits per heavy atom. The first-order valence-electron chi connectivity index (χ1n) is 14.9. The highest BCUT2D eigenvalue weighted by atomic mass is 16.5. The molecule has 0 atom stereocenters. The van der Waals surface area contributed by atoms with Gasteiger partial charge in [-0.15, -0.1) is 0 Å². The van der Waals surface area contributed by atoms with Crippen LogP contribution in [0, 0.1) is 5.92 Å². The number of nitrogens with one attached hydrogen (secondary N) is 2. The minimum absolute atomic E-state index is 0.0164. The van der Waals surface area contributed by atoms with Crippen LogP contribution in [0.15, 0.2) is 40.9 Å². The topological polar surface area (TPSA) is 114 Å². The van der Waals surface area contributed by atoms with Gasteiger partial charge in [-0.3, -0.25) is 9.69 Å². The largest absolute Gasteiger partial charge is 0.508 e. The third kappa shape index (κ3) is 6.74. The van der Waals surface area contributed by atoms with E-state index in [-0.39, 0.29) is 29.0 Å². The van der Waals surface area contributed by atoms with Gasteiger partial charge in [-0.25, -0.2) is 0 Å². The van der Waals surface area contributed by atoms with Gasteiger partial charge in [0.1, 0.15) is 11.5 Å². The van der Waals surface area contributed by atoms with Crippen LogP contribution < -0.4 is 10.6 Å². The number of aromatic nitrogens is 1. The summed E-state index contributed by atoms with van der Waals surface area (Å²) in [5.41, 5.74) is 3.72. The molecule has 0 bridgehead atoms. The Kier molecular flexibility index (Phi) is 9.27. The maximum atomic E-state index is 12.9. The monoisotopic (exact) mass is 561 g/mol. The Balaban J connectivity index is 1.34. The van der Waals surface area contributed by atoms with E-state index in [1.54, 1.807) is 6.07 Å². The Morgan fingerprint density at radius 2 is 1.73 bits per heavy atom. The summed E-state index contributed by atoms with van der Waals surface area (Å²) in [5.74, 6) is 0.677. The molecule has 2 aliphatic heterocycles. The molecule has 2 saturated heterocycles. The van der Waals surface area contributed by atoms with Crippen LogP contribution in [0.25, 0.3) is 22.5 Å². The summed E-state index contributed by atoms with van der Waals surface area (Å²) in [7, 11) is 0. The van der Waals surface area contributed by atoms with Gasteiger partial charge in [-0.05, 0) is 67.4 Å². The van der Waals surface area contributed by atoms with E-state index < -0.39 is 0 Å². The summed E-state index contributed by atoms with van der Waals surface area (Å²) in [4.78, 5) is 18.1. The molecule has 3 aromatic rings. The quantitative estimate of drug-likeness (QED) is 0.304. The molecule has 220 valence electrons. The number of aromatic hydroxyl groups is 2. The predicted octanol–water partition coefficient (Wildman–Crippen LogP) is 4.41. The average molecular weight is 562 g/mol. The smallest absolute Gasteiger partial charge is 0.274 e. The molecule has 9 nitrogen and oxygen atoms in total. The van der Waals surface area contributed by atoms with Crippen molar-refractivity contribution in [3.63, 3.8) is 0 Å². The number of carbonyl (C=O) groups is 1. The first-order valence-corrected chi connectivity index (χ1v) is 14.9. The number of rotatable bonds is 9. The van der Waals surface area contributed by atoms with Gasteiger partial charge in [0.05, 0.1) is 11.1 Å². The standard InChI is InChI=1S/C32H43N5O4/c1-4-34-32(40)30-29(31(41-35-30)26-17-25(21(2)3)27(38)18-28(26)39)24-7-5-22(6-8-24)19-36-13-15-37(16-14-36)20-23-9-11-33-12-10-23/h5-8,17-18,21,23,33,38-39H,4,9-16,19-20H2,1-3H3,(H,34,40). The van der Waals surface area contributed by atoms with Crippen molar-refractivity contribution in [2.45, 2.75) is 46.1 Å². The normalized spacial score (nSPS) is 17.3. The highest BCUT2D eigenvalue weighted by Gasteiger charge is 2.27. The number of phenolic OH excluding ortho intramolecular Hbond substituents is 2. The van der Waals surface area contributed by atoms with Crippen molar-refractivity contribution < 1.29 is 19.5 Å². The van der Waals surface area contributed by atoms with Gasteiger partial charge in [-0.2, -0.15) is 0 Å². The fourth-order valence-corrected chi connectivity index (χ4v) is 5.97.